The van der Waals surface area contributed by atoms with Crippen LogP contribution in [0.1, 0.15) is 12.5 Å². The molecular formula is C17H20N4O2. The fraction of sp³-hybridized carbons (Fsp3) is 0.412. The summed E-state index contributed by atoms with van der Waals surface area (Å²) < 4.78 is 10.8. The molecule has 0 radical (unpaired) electrons. The second kappa shape index (κ2) is 6.04. The van der Waals surface area contributed by atoms with Gasteiger partial charge in [-0.3, -0.25) is 4.90 Å². The Morgan fingerprint density at radius 2 is 1.96 bits per heavy atom. The molecule has 0 saturated carbocycles. The zero-order valence-electron chi connectivity index (χ0n) is 13.2. The summed E-state index contributed by atoms with van der Waals surface area (Å²) in [7, 11) is 0. The van der Waals surface area contributed by atoms with Crippen molar-refractivity contribution in [1.82, 2.24) is 14.9 Å². The predicted octanol–water partition coefficient (Wildman–Crippen LogP) is 1.92. The lowest BCUT2D eigenvalue weighted by atomic mass is 10.1. The second-order valence-corrected chi connectivity index (χ2v) is 6.01. The van der Waals surface area contributed by atoms with E-state index in [4.69, 9.17) is 9.47 Å². The Hall–Kier alpha value is -2.34. The van der Waals surface area contributed by atoms with Crippen LogP contribution < -0.4 is 14.4 Å². The summed E-state index contributed by atoms with van der Waals surface area (Å²) in [6.07, 6.45) is 3.60. The van der Waals surface area contributed by atoms with Gasteiger partial charge < -0.3 is 14.4 Å². The minimum atomic E-state index is 0.325. The van der Waals surface area contributed by atoms with Crippen LogP contribution in [0.15, 0.2) is 36.7 Å². The Morgan fingerprint density at radius 1 is 1.13 bits per heavy atom. The van der Waals surface area contributed by atoms with Crippen molar-refractivity contribution in [3.63, 3.8) is 0 Å². The van der Waals surface area contributed by atoms with Gasteiger partial charge in [0.05, 0.1) is 0 Å². The molecule has 1 saturated heterocycles. The van der Waals surface area contributed by atoms with Gasteiger partial charge in [-0.2, -0.15) is 0 Å². The third-order valence-electron chi connectivity index (χ3n) is 4.36. The van der Waals surface area contributed by atoms with E-state index in [1.54, 1.807) is 12.4 Å². The monoisotopic (exact) mass is 312 g/mol. The molecule has 4 rings (SSSR count). The highest BCUT2D eigenvalue weighted by atomic mass is 16.7. The first-order valence-electron chi connectivity index (χ1n) is 7.94. The third kappa shape index (κ3) is 2.94. The molecule has 1 atom stereocenters. The molecule has 1 aromatic heterocycles. The van der Waals surface area contributed by atoms with Gasteiger partial charge in [0.2, 0.25) is 12.7 Å². The fourth-order valence-corrected chi connectivity index (χ4v) is 3.21. The molecule has 6 nitrogen and oxygen atoms in total. The van der Waals surface area contributed by atoms with Gasteiger partial charge in [-0.1, -0.05) is 6.07 Å². The Morgan fingerprint density at radius 3 is 2.78 bits per heavy atom. The van der Waals surface area contributed by atoms with Crippen LogP contribution in [0, 0.1) is 0 Å². The highest BCUT2D eigenvalue weighted by Gasteiger charge is 2.25. The van der Waals surface area contributed by atoms with E-state index in [9.17, 15) is 0 Å². The molecule has 2 aliphatic rings. The van der Waals surface area contributed by atoms with E-state index in [1.165, 1.54) is 5.56 Å². The van der Waals surface area contributed by atoms with Gasteiger partial charge in [-0.15, -0.1) is 0 Å². The predicted molar refractivity (Wildman–Crippen MR) is 86.7 cm³/mol. The van der Waals surface area contributed by atoms with Gasteiger partial charge in [0, 0.05) is 44.6 Å². The summed E-state index contributed by atoms with van der Waals surface area (Å²) in [6, 6.07) is 8.43. The summed E-state index contributed by atoms with van der Waals surface area (Å²) in [5.41, 5.74) is 1.26. The smallest absolute Gasteiger partial charge is 0.231 e. The molecule has 2 aromatic rings. The number of anilines is 1. The number of piperazine rings is 1. The maximum atomic E-state index is 5.46. The van der Waals surface area contributed by atoms with Crippen molar-refractivity contribution in [1.29, 1.82) is 0 Å². The third-order valence-corrected chi connectivity index (χ3v) is 4.36. The van der Waals surface area contributed by atoms with Gasteiger partial charge in [0.15, 0.2) is 11.5 Å². The first kappa shape index (κ1) is 14.3. The van der Waals surface area contributed by atoms with E-state index in [2.05, 4.69) is 38.8 Å². The van der Waals surface area contributed by atoms with Crippen LogP contribution in [0.25, 0.3) is 0 Å². The van der Waals surface area contributed by atoms with Crippen LogP contribution in [0.2, 0.25) is 0 Å². The number of hydrogen-bond donors (Lipinski definition) is 0. The number of rotatable bonds is 3. The SMILES string of the molecule is CC1CN(Cc2ccc3c(c2)OCO3)CCN1c1ncccn1. The van der Waals surface area contributed by atoms with Crippen molar-refractivity contribution in [2.75, 3.05) is 31.3 Å². The van der Waals surface area contributed by atoms with Crippen molar-refractivity contribution < 1.29 is 9.47 Å². The fourth-order valence-electron chi connectivity index (χ4n) is 3.21. The Bertz CT molecular complexity index is 680. The number of aromatic nitrogens is 2. The summed E-state index contributed by atoms with van der Waals surface area (Å²) in [5.74, 6) is 2.52. The molecule has 1 aromatic carbocycles. The van der Waals surface area contributed by atoms with E-state index < -0.39 is 0 Å². The van der Waals surface area contributed by atoms with Gasteiger partial charge in [0.25, 0.3) is 0 Å². The molecule has 0 aliphatic carbocycles. The first-order chi connectivity index (χ1) is 11.3. The van der Waals surface area contributed by atoms with E-state index in [0.717, 1.165) is 43.6 Å². The zero-order valence-corrected chi connectivity index (χ0v) is 13.2. The van der Waals surface area contributed by atoms with Crippen molar-refractivity contribution in [3.8, 4) is 11.5 Å². The molecule has 6 heteroatoms. The Balaban J connectivity index is 1.41. The molecule has 3 heterocycles. The lowest BCUT2D eigenvalue weighted by Crippen LogP contribution is -2.52. The molecule has 1 fully saturated rings. The molecule has 1 unspecified atom stereocenters. The van der Waals surface area contributed by atoms with Crippen molar-refractivity contribution in [2.24, 2.45) is 0 Å². The van der Waals surface area contributed by atoms with Crippen molar-refractivity contribution in [2.45, 2.75) is 19.5 Å². The highest BCUT2D eigenvalue weighted by molar-refractivity contribution is 5.44. The lowest BCUT2D eigenvalue weighted by molar-refractivity contribution is 0.174. The summed E-state index contributed by atoms with van der Waals surface area (Å²) >= 11 is 0. The largest absolute Gasteiger partial charge is 0.454 e. The minimum absolute atomic E-state index is 0.325. The van der Waals surface area contributed by atoms with E-state index in [-0.39, 0.29) is 0 Å². The summed E-state index contributed by atoms with van der Waals surface area (Å²) in [4.78, 5) is 13.5. The molecule has 23 heavy (non-hydrogen) atoms. The maximum Gasteiger partial charge on any atom is 0.231 e. The van der Waals surface area contributed by atoms with Crippen LogP contribution in [0.5, 0.6) is 11.5 Å². The molecule has 0 bridgehead atoms. The molecule has 0 N–H and O–H groups in total. The maximum absolute atomic E-state index is 5.46. The standard InChI is InChI=1S/C17H20N4O2/c1-13-10-20(7-8-21(13)17-18-5-2-6-19-17)11-14-3-4-15-16(9-14)23-12-22-15/h2-6,9,13H,7-8,10-12H2,1H3. The van der Waals surface area contributed by atoms with Crippen LogP contribution in [0.3, 0.4) is 0 Å². The number of nitrogens with zero attached hydrogens (tertiary/aromatic N) is 4. The highest BCUT2D eigenvalue weighted by Crippen LogP contribution is 2.33. The van der Waals surface area contributed by atoms with Crippen LogP contribution >= 0.6 is 0 Å². The number of benzene rings is 1. The van der Waals surface area contributed by atoms with E-state index >= 15 is 0 Å². The van der Waals surface area contributed by atoms with Crippen molar-refractivity contribution in [3.05, 3.63) is 42.2 Å². The number of fused-ring (bicyclic) bond motifs is 1. The Kier molecular flexibility index (Phi) is 3.75. The van der Waals surface area contributed by atoms with Gasteiger partial charge in [0.1, 0.15) is 0 Å². The average molecular weight is 312 g/mol. The quantitative estimate of drug-likeness (QED) is 0.863. The van der Waals surface area contributed by atoms with E-state index in [0.29, 0.717) is 12.8 Å². The first-order valence-corrected chi connectivity index (χ1v) is 7.94. The molecule has 0 amide bonds. The molecule has 120 valence electrons. The van der Waals surface area contributed by atoms with Crippen LogP contribution in [0.4, 0.5) is 5.95 Å². The number of ether oxygens (including phenoxy) is 2. The minimum Gasteiger partial charge on any atom is -0.454 e. The molecular weight excluding hydrogens is 292 g/mol. The lowest BCUT2D eigenvalue weighted by Gasteiger charge is -2.39. The van der Waals surface area contributed by atoms with Crippen LogP contribution in [-0.4, -0.2) is 47.3 Å². The summed E-state index contributed by atoms with van der Waals surface area (Å²) in [6.45, 7) is 6.40. The average Bonchev–Trinajstić information content (AvgIpc) is 3.03. The van der Waals surface area contributed by atoms with Gasteiger partial charge >= 0.3 is 0 Å². The van der Waals surface area contributed by atoms with Gasteiger partial charge in [-0.25, -0.2) is 9.97 Å². The molecule has 0 spiro atoms. The zero-order chi connectivity index (χ0) is 15.6. The van der Waals surface area contributed by atoms with Crippen LogP contribution in [-0.2, 0) is 6.54 Å². The van der Waals surface area contributed by atoms with Crippen molar-refractivity contribution >= 4 is 5.95 Å². The molecule has 2 aliphatic heterocycles. The normalized spacial score (nSPS) is 20.7. The Labute approximate surface area is 135 Å². The van der Waals surface area contributed by atoms with E-state index in [1.807, 2.05) is 12.1 Å². The topological polar surface area (TPSA) is 50.7 Å². The second-order valence-electron chi connectivity index (χ2n) is 6.01. The summed E-state index contributed by atoms with van der Waals surface area (Å²) in [5, 5.41) is 0. The number of hydrogen-bond acceptors (Lipinski definition) is 6. The van der Waals surface area contributed by atoms with Gasteiger partial charge in [-0.05, 0) is 30.7 Å².